The smallest absolute Gasteiger partial charge is 0.157 e. The van der Waals surface area contributed by atoms with Crippen LogP contribution in [0.25, 0.3) is 5.65 Å². The van der Waals surface area contributed by atoms with Crippen molar-refractivity contribution in [3.8, 4) is 0 Å². The molecule has 0 atom stereocenters. The maximum absolute atomic E-state index is 6.50. The molecule has 2 aromatic heterocycles. The molecule has 0 unspecified atom stereocenters. The van der Waals surface area contributed by atoms with Crippen molar-refractivity contribution in [1.29, 1.82) is 0 Å². The molecule has 2 heterocycles. The Hall–Kier alpha value is -1.09. The van der Waals surface area contributed by atoms with Crippen LogP contribution in [0.3, 0.4) is 0 Å². The first kappa shape index (κ1) is 10.8. The summed E-state index contributed by atoms with van der Waals surface area (Å²) in [7, 11) is 0. The number of rotatable bonds is 1. The SMILES string of the molecule is Clc1c2c(nc3cc(C4CCC4)nn13)CCCC2. The van der Waals surface area contributed by atoms with E-state index < -0.39 is 0 Å². The van der Waals surface area contributed by atoms with E-state index in [1.54, 1.807) is 0 Å². The third kappa shape index (κ3) is 1.50. The highest BCUT2D eigenvalue weighted by molar-refractivity contribution is 6.30. The van der Waals surface area contributed by atoms with Crippen molar-refractivity contribution in [3.63, 3.8) is 0 Å². The van der Waals surface area contributed by atoms with Gasteiger partial charge in [-0.3, -0.25) is 0 Å². The van der Waals surface area contributed by atoms with Gasteiger partial charge in [0.2, 0.25) is 0 Å². The fourth-order valence-corrected chi connectivity index (χ4v) is 3.35. The molecular weight excluding hydrogens is 246 g/mol. The first-order valence-corrected chi connectivity index (χ1v) is 7.27. The van der Waals surface area contributed by atoms with Gasteiger partial charge in [0.15, 0.2) is 5.65 Å². The molecule has 1 fully saturated rings. The van der Waals surface area contributed by atoms with Crippen LogP contribution in [-0.4, -0.2) is 14.6 Å². The van der Waals surface area contributed by atoms with Crippen molar-refractivity contribution in [3.05, 3.63) is 28.2 Å². The lowest BCUT2D eigenvalue weighted by Crippen LogP contribution is -2.11. The molecular formula is C14H16ClN3. The van der Waals surface area contributed by atoms with Gasteiger partial charge < -0.3 is 0 Å². The van der Waals surface area contributed by atoms with Crippen LogP contribution in [0.4, 0.5) is 0 Å². The Morgan fingerprint density at radius 2 is 2.00 bits per heavy atom. The summed E-state index contributed by atoms with van der Waals surface area (Å²) in [6.45, 7) is 0. The number of hydrogen-bond donors (Lipinski definition) is 0. The predicted molar refractivity (Wildman–Crippen MR) is 71.2 cm³/mol. The Bertz CT molecular complexity index is 613. The number of halogens is 1. The summed E-state index contributed by atoms with van der Waals surface area (Å²) in [5, 5.41) is 5.46. The third-order valence-electron chi connectivity index (χ3n) is 4.36. The van der Waals surface area contributed by atoms with Crippen LogP contribution < -0.4 is 0 Å². The maximum Gasteiger partial charge on any atom is 0.157 e. The second-order valence-electron chi connectivity index (χ2n) is 5.50. The van der Waals surface area contributed by atoms with Gasteiger partial charge in [-0.2, -0.15) is 5.10 Å². The summed E-state index contributed by atoms with van der Waals surface area (Å²) < 4.78 is 1.85. The van der Waals surface area contributed by atoms with Crippen LogP contribution >= 0.6 is 11.6 Å². The number of fused-ring (bicyclic) bond motifs is 2. The lowest BCUT2D eigenvalue weighted by molar-refractivity contribution is 0.409. The largest absolute Gasteiger partial charge is 0.233 e. The maximum atomic E-state index is 6.50. The van der Waals surface area contributed by atoms with Crippen molar-refractivity contribution >= 4 is 17.2 Å². The number of aromatic nitrogens is 3. The average Bonchev–Trinajstić information content (AvgIpc) is 2.71. The van der Waals surface area contributed by atoms with E-state index in [1.807, 2.05) is 4.52 Å². The molecule has 0 spiro atoms. The molecule has 4 heteroatoms. The van der Waals surface area contributed by atoms with E-state index in [0.29, 0.717) is 5.92 Å². The van der Waals surface area contributed by atoms with Crippen LogP contribution in [0.2, 0.25) is 5.15 Å². The fraction of sp³-hybridized carbons (Fsp3) is 0.571. The third-order valence-corrected chi connectivity index (χ3v) is 4.74. The molecule has 0 saturated heterocycles. The first-order chi connectivity index (χ1) is 8.83. The number of nitrogens with zero attached hydrogens (tertiary/aromatic N) is 3. The summed E-state index contributed by atoms with van der Waals surface area (Å²) in [5.41, 5.74) is 4.53. The fourth-order valence-electron chi connectivity index (χ4n) is 3.02. The van der Waals surface area contributed by atoms with Gasteiger partial charge in [0, 0.05) is 23.2 Å². The van der Waals surface area contributed by atoms with Crippen molar-refractivity contribution < 1.29 is 0 Å². The van der Waals surface area contributed by atoms with Crippen molar-refractivity contribution in [1.82, 2.24) is 14.6 Å². The number of aryl methyl sites for hydroxylation is 1. The van der Waals surface area contributed by atoms with Crippen molar-refractivity contribution in [2.75, 3.05) is 0 Å². The van der Waals surface area contributed by atoms with Gasteiger partial charge >= 0.3 is 0 Å². The van der Waals surface area contributed by atoms with E-state index in [-0.39, 0.29) is 0 Å². The summed E-state index contributed by atoms with van der Waals surface area (Å²) in [5.74, 6) is 0.639. The van der Waals surface area contributed by atoms with Gasteiger partial charge in [-0.1, -0.05) is 18.0 Å². The predicted octanol–water partition coefficient (Wildman–Crippen LogP) is 3.53. The lowest BCUT2D eigenvalue weighted by Gasteiger charge is -2.22. The second-order valence-corrected chi connectivity index (χ2v) is 5.86. The monoisotopic (exact) mass is 261 g/mol. The first-order valence-electron chi connectivity index (χ1n) is 6.90. The molecule has 0 aromatic carbocycles. The van der Waals surface area contributed by atoms with Crippen molar-refractivity contribution in [2.45, 2.75) is 50.9 Å². The Morgan fingerprint density at radius 1 is 1.17 bits per heavy atom. The van der Waals surface area contributed by atoms with Crippen LogP contribution in [0.15, 0.2) is 6.07 Å². The average molecular weight is 262 g/mol. The molecule has 0 radical (unpaired) electrons. The van der Waals surface area contributed by atoms with E-state index >= 15 is 0 Å². The quantitative estimate of drug-likeness (QED) is 0.735. The van der Waals surface area contributed by atoms with Crippen LogP contribution in [0, 0.1) is 0 Å². The minimum Gasteiger partial charge on any atom is -0.233 e. The highest BCUT2D eigenvalue weighted by Crippen LogP contribution is 2.36. The molecule has 2 aliphatic rings. The Labute approximate surface area is 111 Å². The zero-order chi connectivity index (χ0) is 12.1. The van der Waals surface area contributed by atoms with Crippen LogP contribution in [0.1, 0.15) is 55.0 Å². The van der Waals surface area contributed by atoms with Gasteiger partial charge in [0.1, 0.15) is 5.15 Å². The molecule has 94 valence electrons. The molecule has 2 aromatic rings. The van der Waals surface area contributed by atoms with Crippen LogP contribution in [0.5, 0.6) is 0 Å². The topological polar surface area (TPSA) is 30.2 Å². The zero-order valence-electron chi connectivity index (χ0n) is 10.3. The lowest BCUT2D eigenvalue weighted by atomic mass is 9.83. The zero-order valence-corrected chi connectivity index (χ0v) is 11.1. The molecule has 3 nitrogen and oxygen atoms in total. The number of hydrogen-bond acceptors (Lipinski definition) is 2. The Kier molecular flexibility index (Phi) is 2.37. The standard InChI is InChI=1S/C14H16ClN3/c15-14-10-6-1-2-7-11(10)16-13-8-12(17-18(13)14)9-4-3-5-9/h8-9H,1-7H2. The van der Waals surface area contributed by atoms with E-state index in [1.165, 1.54) is 49.1 Å². The van der Waals surface area contributed by atoms with Gasteiger partial charge in [-0.05, 0) is 38.5 Å². The summed E-state index contributed by atoms with van der Waals surface area (Å²) >= 11 is 6.50. The van der Waals surface area contributed by atoms with Gasteiger partial charge in [0.05, 0.1) is 5.69 Å². The van der Waals surface area contributed by atoms with E-state index in [4.69, 9.17) is 16.6 Å². The van der Waals surface area contributed by atoms with E-state index in [2.05, 4.69) is 11.2 Å². The highest BCUT2D eigenvalue weighted by atomic mass is 35.5. The van der Waals surface area contributed by atoms with Gasteiger partial charge in [-0.15, -0.1) is 0 Å². The molecule has 0 bridgehead atoms. The molecule has 2 aliphatic carbocycles. The Balaban J connectivity index is 1.89. The summed E-state index contributed by atoms with van der Waals surface area (Å²) in [6.07, 6.45) is 8.43. The van der Waals surface area contributed by atoms with E-state index in [9.17, 15) is 0 Å². The summed E-state index contributed by atoms with van der Waals surface area (Å²) in [6, 6.07) is 2.13. The molecule has 0 N–H and O–H groups in total. The van der Waals surface area contributed by atoms with Gasteiger partial charge in [-0.25, -0.2) is 9.50 Å². The van der Waals surface area contributed by atoms with Crippen molar-refractivity contribution in [2.24, 2.45) is 0 Å². The Morgan fingerprint density at radius 3 is 2.78 bits per heavy atom. The van der Waals surface area contributed by atoms with Gasteiger partial charge in [0.25, 0.3) is 0 Å². The van der Waals surface area contributed by atoms with Crippen LogP contribution in [-0.2, 0) is 12.8 Å². The second kappa shape index (κ2) is 3.95. The summed E-state index contributed by atoms with van der Waals surface area (Å²) in [4.78, 5) is 4.75. The minimum absolute atomic E-state index is 0.639. The van der Waals surface area contributed by atoms with E-state index in [0.717, 1.165) is 23.6 Å². The minimum atomic E-state index is 0.639. The molecule has 0 amide bonds. The molecule has 4 rings (SSSR count). The molecule has 1 saturated carbocycles. The normalized spacial score (nSPS) is 19.8. The molecule has 18 heavy (non-hydrogen) atoms. The molecule has 0 aliphatic heterocycles. The highest BCUT2D eigenvalue weighted by Gasteiger charge is 2.24.